The summed E-state index contributed by atoms with van der Waals surface area (Å²) in [5.41, 5.74) is -3.64. The molecule has 0 radical (unpaired) electrons. The third-order valence-corrected chi connectivity index (χ3v) is 16.6. The number of benzene rings is 1. The number of carbonyl (C=O) groups is 2. The number of fused-ring (bicyclic) bond motifs is 2. The van der Waals surface area contributed by atoms with E-state index in [9.17, 15) is 20.1 Å². The highest BCUT2D eigenvalue weighted by Crippen LogP contribution is 2.72. The molecule has 56 heavy (non-hydrogen) atoms. The summed E-state index contributed by atoms with van der Waals surface area (Å²) in [6, 6.07) is 10.5. The van der Waals surface area contributed by atoms with Crippen LogP contribution in [0.2, 0.25) is 0 Å². The Balaban J connectivity index is 1.32. The second-order valence-electron chi connectivity index (χ2n) is 19.7. The number of esters is 2. The maximum atomic E-state index is 15.1. The first-order valence-electron chi connectivity index (χ1n) is 22.1. The van der Waals surface area contributed by atoms with Gasteiger partial charge in [0.2, 0.25) is 0 Å². The number of cyclic esters (lactones) is 1. The topological polar surface area (TPSA) is 113 Å². The average molecular weight is 765 g/mol. The predicted octanol–water partition coefficient (Wildman–Crippen LogP) is 7.88. The SMILES string of the molecule is C[C@H](CCCc1ccccc1)C[C@@H]1C#C[C@@H]2CCCC[C@@]23CC#C[C@]2(C)C[C@@H](OC3=O)C3[C@](C)(C4CCCC4)CC[C@@H](O)[C@]3([C@H]1O)[C@@]2(O)CCC1=CC(=O)OC1. The number of aliphatic hydroxyl groups excluding tert-OH is 2. The van der Waals surface area contributed by atoms with E-state index in [-0.39, 0.29) is 36.8 Å². The van der Waals surface area contributed by atoms with Crippen LogP contribution < -0.4 is 0 Å². The summed E-state index contributed by atoms with van der Waals surface area (Å²) in [5, 5.41) is 40.9. The Kier molecular flexibility index (Phi) is 10.8. The third-order valence-electron chi connectivity index (χ3n) is 16.6. The Hall–Kier alpha value is -3.10. The molecule has 12 atom stereocenters. The largest absolute Gasteiger partial charge is 0.461 e. The Morgan fingerprint density at radius 2 is 1.71 bits per heavy atom. The summed E-state index contributed by atoms with van der Waals surface area (Å²) < 4.78 is 12.3. The highest BCUT2D eigenvalue weighted by molar-refractivity contribution is 5.85. The van der Waals surface area contributed by atoms with E-state index in [1.54, 1.807) is 0 Å². The molecule has 4 aliphatic carbocycles. The lowest BCUT2D eigenvalue weighted by molar-refractivity contribution is -0.341. The van der Waals surface area contributed by atoms with Crippen molar-refractivity contribution in [3.05, 3.63) is 47.5 Å². The molecule has 4 fully saturated rings. The number of aryl methyl sites for hydroxylation is 1. The average Bonchev–Trinajstić information content (AvgIpc) is 3.89. The minimum Gasteiger partial charge on any atom is -0.461 e. The quantitative estimate of drug-likeness (QED) is 0.164. The lowest BCUT2D eigenvalue weighted by Gasteiger charge is -2.72. The summed E-state index contributed by atoms with van der Waals surface area (Å²) in [5.74, 6) is 12.9. The number of rotatable bonds is 10. The minimum absolute atomic E-state index is 0.164. The fourth-order valence-corrected chi connectivity index (χ4v) is 13.6. The zero-order valence-corrected chi connectivity index (χ0v) is 34.0. The molecular weight excluding hydrogens is 701 g/mol. The lowest BCUT2D eigenvalue weighted by atomic mass is 9.35. The van der Waals surface area contributed by atoms with Crippen LogP contribution >= 0.6 is 0 Å². The third kappa shape index (κ3) is 6.38. The molecule has 4 saturated carbocycles. The molecule has 0 saturated heterocycles. The standard InChI is InChI=1S/C49H64O7/c1-33(13-11-16-34-14-5-4-6-15-34)29-36-20-21-38-19-9-10-25-47(38)26-12-24-45(2)31-39(56-44(47)53)42-46(3,37-17-7-8-18-37)27-23-40(50)49(42,43(36)52)48(45,54)28-22-35-30-41(51)55-32-35/h4-6,14-15,30,33,36-40,42-43,50,52,54H,7-11,13,16-19,22-23,25-29,31-32H2,1-3H3/t33-,36+,38+,39-,40-,42?,43+,45-,46+,47-,48-,49+/m1/s1. The van der Waals surface area contributed by atoms with Gasteiger partial charge in [-0.3, -0.25) is 4.79 Å². The van der Waals surface area contributed by atoms with Crippen molar-refractivity contribution in [3.63, 3.8) is 0 Å². The van der Waals surface area contributed by atoms with Gasteiger partial charge in [-0.05, 0) is 106 Å². The molecule has 7 heteroatoms. The molecule has 1 aromatic carbocycles. The molecule has 0 aromatic heterocycles. The van der Waals surface area contributed by atoms with E-state index >= 15 is 4.79 Å². The highest BCUT2D eigenvalue weighted by Gasteiger charge is 2.78. The zero-order chi connectivity index (χ0) is 39.3. The van der Waals surface area contributed by atoms with Crippen molar-refractivity contribution in [2.75, 3.05) is 6.61 Å². The minimum atomic E-state index is -1.73. The van der Waals surface area contributed by atoms with Gasteiger partial charge in [0.05, 0.1) is 34.1 Å². The van der Waals surface area contributed by atoms with Gasteiger partial charge in [0.1, 0.15) is 12.7 Å². The molecule has 302 valence electrons. The van der Waals surface area contributed by atoms with E-state index < -0.39 is 57.4 Å². The monoisotopic (exact) mass is 764 g/mol. The molecular formula is C49H64O7. The van der Waals surface area contributed by atoms with Crippen molar-refractivity contribution in [1.29, 1.82) is 0 Å². The van der Waals surface area contributed by atoms with Crippen LogP contribution in [0.4, 0.5) is 0 Å². The highest BCUT2D eigenvalue weighted by atomic mass is 16.5. The molecule has 1 unspecified atom stereocenters. The van der Waals surface area contributed by atoms with E-state index in [0.717, 1.165) is 76.2 Å². The maximum Gasteiger partial charge on any atom is 0.331 e. The molecule has 4 bridgehead atoms. The molecule has 7 aliphatic rings. The van der Waals surface area contributed by atoms with E-state index in [4.69, 9.17) is 9.47 Å². The lowest BCUT2D eigenvalue weighted by Crippen LogP contribution is -2.80. The van der Waals surface area contributed by atoms with Crippen molar-refractivity contribution in [3.8, 4) is 23.7 Å². The first kappa shape index (κ1) is 39.7. The second kappa shape index (κ2) is 15.3. The van der Waals surface area contributed by atoms with E-state index in [1.165, 1.54) is 11.6 Å². The van der Waals surface area contributed by atoms with Crippen molar-refractivity contribution in [1.82, 2.24) is 0 Å². The summed E-state index contributed by atoms with van der Waals surface area (Å²) >= 11 is 0. The van der Waals surface area contributed by atoms with Gasteiger partial charge in [-0.15, -0.1) is 5.92 Å². The van der Waals surface area contributed by atoms with Crippen LogP contribution in [-0.4, -0.2) is 57.8 Å². The van der Waals surface area contributed by atoms with Crippen molar-refractivity contribution >= 4 is 11.9 Å². The van der Waals surface area contributed by atoms with Gasteiger partial charge >= 0.3 is 11.9 Å². The predicted molar refractivity (Wildman–Crippen MR) is 214 cm³/mol. The first-order chi connectivity index (χ1) is 26.9. The Morgan fingerprint density at radius 3 is 2.46 bits per heavy atom. The molecule has 1 aromatic rings. The van der Waals surface area contributed by atoms with Crippen molar-refractivity contribution in [2.45, 2.75) is 160 Å². The number of ether oxygens (including phenoxy) is 2. The number of hydrogen-bond donors (Lipinski definition) is 3. The van der Waals surface area contributed by atoms with Gasteiger partial charge in [0.25, 0.3) is 0 Å². The van der Waals surface area contributed by atoms with Crippen LogP contribution in [0.5, 0.6) is 0 Å². The fourth-order valence-electron chi connectivity index (χ4n) is 13.6. The van der Waals surface area contributed by atoms with Gasteiger partial charge in [0.15, 0.2) is 0 Å². The van der Waals surface area contributed by atoms with Gasteiger partial charge in [0, 0.05) is 36.7 Å². The smallest absolute Gasteiger partial charge is 0.331 e. The summed E-state index contributed by atoms with van der Waals surface area (Å²) in [7, 11) is 0. The summed E-state index contributed by atoms with van der Waals surface area (Å²) in [6.45, 7) is 6.71. The van der Waals surface area contributed by atoms with Crippen LogP contribution in [0.1, 0.15) is 135 Å². The van der Waals surface area contributed by atoms with Gasteiger partial charge in [-0.2, -0.15) is 0 Å². The summed E-state index contributed by atoms with van der Waals surface area (Å²) in [4.78, 5) is 27.3. The van der Waals surface area contributed by atoms with Crippen LogP contribution in [-0.2, 0) is 25.5 Å². The second-order valence-corrected chi connectivity index (χ2v) is 19.7. The van der Waals surface area contributed by atoms with Crippen LogP contribution in [0, 0.1) is 74.9 Å². The molecule has 3 heterocycles. The van der Waals surface area contributed by atoms with Gasteiger partial charge in [-0.25, -0.2) is 4.79 Å². The molecule has 7 nitrogen and oxygen atoms in total. The van der Waals surface area contributed by atoms with Crippen molar-refractivity contribution < 1.29 is 34.4 Å². The van der Waals surface area contributed by atoms with Crippen LogP contribution in [0.3, 0.4) is 0 Å². The maximum absolute atomic E-state index is 15.1. The van der Waals surface area contributed by atoms with Gasteiger partial charge in [-0.1, -0.05) is 94.0 Å². The Labute approximate surface area is 334 Å². The van der Waals surface area contributed by atoms with E-state index in [0.29, 0.717) is 44.4 Å². The number of carbonyl (C=O) groups excluding carboxylic acids is 2. The molecule has 3 aliphatic heterocycles. The van der Waals surface area contributed by atoms with Crippen molar-refractivity contribution in [2.24, 2.45) is 51.2 Å². The first-order valence-corrected chi connectivity index (χ1v) is 22.1. The summed E-state index contributed by atoms with van der Waals surface area (Å²) in [6.07, 6.45) is 11.9. The molecule has 8 rings (SSSR count). The van der Waals surface area contributed by atoms with Gasteiger partial charge < -0.3 is 24.8 Å². The van der Waals surface area contributed by atoms with E-state index in [1.807, 2.05) is 13.0 Å². The zero-order valence-electron chi connectivity index (χ0n) is 34.0. The molecule has 3 N–H and O–H groups in total. The molecule has 0 amide bonds. The van der Waals surface area contributed by atoms with Crippen LogP contribution in [0.25, 0.3) is 0 Å². The van der Waals surface area contributed by atoms with Crippen LogP contribution in [0.15, 0.2) is 42.0 Å². The molecule has 1 spiro atoms. The fraction of sp³-hybridized carbons (Fsp3) is 0.714. The Bertz CT molecular complexity index is 1810. The number of aliphatic hydroxyl groups is 3. The van der Waals surface area contributed by atoms with E-state index in [2.05, 4.69) is 61.8 Å². The number of hydrogen-bond acceptors (Lipinski definition) is 7. The normalized spacial score (nSPS) is 42.3. The Morgan fingerprint density at radius 1 is 0.946 bits per heavy atom.